The van der Waals surface area contributed by atoms with Gasteiger partial charge in [0.25, 0.3) is 0 Å². The van der Waals surface area contributed by atoms with Crippen LogP contribution in [0.1, 0.15) is 60.5 Å². The highest BCUT2D eigenvalue weighted by Crippen LogP contribution is 2.48. The number of ether oxygens (including phenoxy) is 1. The fourth-order valence-corrected chi connectivity index (χ4v) is 4.90. The van der Waals surface area contributed by atoms with Crippen molar-refractivity contribution < 1.29 is 9.53 Å². The molecule has 4 nitrogen and oxygen atoms in total. The number of Topliss-reactive ketones (excluding diaryl/α,β-unsaturated/α-hetero) is 1. The summed E-state index contributed by atoms with van der Waals surface area (Å²) in [5.74, 6) is 0.785. The van der Waals surface area contributed by atoms with Gasteiger partial charge in [-0.2, -0.15) is 5.26 Å². The molecule has 0 amide bonds. The average Bonchev–Trinajstić information content (AvgIpc) is 3.24. The van der Waals surface area contributed by atoms with Crippen LogP contribution in [0.15, 0.2) is 55.2 Å². The third-order valence-corrected chi connectivity index (χ3v) is 6.30. The lowest BCUT2D eigenvalue weighted by molar-refractivity contribution is 0.0305. The molecule has 1 unspecified atom stereocenters. The Bertz CT molecular complexity index is 1200. The van der Waals surface area contributed by atoms with Crippen LogP contribution in [0.2, 0.25) is 5.02 Å². The van der Waals surface area contributed by atoms with Crippen LogP contribution in [-0.4, -0.2) is 10.4 Å². The van der Waals surface area contributed by atoms with Gasteiger partial charge in [0.1, 0.15) is 17.9 Å². The minimum Gasteiger partial charge on any atom is -0.483 e. The fourth-order valence-electron chi connectivity index (χ4n) is 4.73. The van der Waals surface area contributed by atoms with Crippen LogP contribution >= 0.6 is 11.6 Å². The number of nitrogens with zero attached hydrogens (tertiary/aromatic N) is 2. The Morgan fingerprint density at radius 2 is 2.06 bits per heavy atom. The van der Waals surface area contributed by atoms with Crippen molar-refractivity contribution in [2.24, 2.45) is 0 Å². The molecule has 0 radical (unpaired) electrons. The van der Waals surface area contributed by atoms with E-state index in [9.17, 15) is 4.79 Å². The lowest BCUT2D eigenvalue weighted by atomic mass is 9.83. The number of carbonyl (C=O) groups is 1. The highest BCUT2D eigenvalue weighted by molar-refractivity contribution is 6.31. The van der Waals surface area contributed by atoms with Crippen molar-refractivity contribution >= 4 is 34.0 Å². The maximum Gasteiger partial charge on any atom is 0.165 e. The van der Waals surface area contributed by atoms with Crippen molar-refractivity contribution in [3.05, 3.63) is 77.0 Å². The summed E-state index contributed by atoms with van der Waals surface area (Å²) in [4.78, 5) is 13.1. The Morgan fingerprint density at radius 1 is 1.26 bits per heavy atom. The SMILES string of the molecule is C=C1OC(CCC)(CCCC(=O)c2cn(CC#N)c3cc(Cl)ccc23)c2ccccc21. The molecule has 5 heteroatoms. The smallest absolute Gasteiger partial charge is 0.165 e. The van der Waals surface area contributed by atoms with Crippen LogP contribution in [0.5, 0.6) is 0 Å². The van der Waals surface area contributed by atoms with Gasteiger partial charge in [-0.05, 0) is 31.4 Å². The second kappa shape index (κ2) is 8.61. The maximum absolute atomic E-state index is 13.1. The van der Waals surface area contributed by atoms with Gasteiger partial charge < -0.3 is 9.30 Å². The number of rotatable bonds is 8. The number of benzene rings is 2. The Labute approximate surface area is 187 Å². The summed E-state index contributed by atoms with van der Waals surface area (Å²) in [7, 11) is 0. The quantitative estimate of drug-likeness (QED) is 0.365. The molecule has 1 aromatic heterocycles. The number of hydrogen-bond donors (Lipinski definition) is 0. The van der Waals surface area contributed by atoms with Gasteiger partial charge in [0.15, 0.2) is 5.78 Å². The molecular formula is C26H25ClN2O2. The molecule has 2 heterocycles. The number of nitriles is 1. The number of hydrogen-bond acceptors (Lipinski definition) is 3. The minimum absolute atomic E-state index is 0.0702. The monoisotopic (exact) mass is 432 g/mol. The highest BCUT2D eigenvalue weighted by Gasteiger charge is 2.41. The Hall–Kier alpha value is -3.03. The average molecular weight is 433 g/mol. The zero-order valence-corrected chi connectivity index (χ0v) is 18.4. The molecule has 0 bridgehead atoms. The molecule has 0 saturated heterocycles. The van der Waals surface area contributed by atoms with Crippen LogP contribution in [0.25, 0.3) is 16.7 Å². The Kier molecular flexibility index (Phi) is 5.89. The van der Waals surface area contributed by atoms with Crippen molar-refractivity contribution in [1.82, 2.24) is 4.57 Å². The van der Waals surface area contributed by atoms with Gasteiger partial charge in [0.05, 0.1) is 11.6 Å². The summed E-state index contributed by atoms with van der Waals surface area (Å²) < 4.78 is 8.09. The number of aromatic nitrogens is 1. The molecule has 0 saturated carbocycles. The van der Waals surface area contributed by atoms with E-state index in [4.69, 9.17) is 21.6 Å². The maximum atomic E-state index is 13.1. The molecule has 3 aromatic rings. The van der Waals surface area contributed by atoms with E-state index in [0.29, 0.717) is 29.2 Å². The second-order valence-electron chi connectivity index (χ2n) is 8.08. The number of carbonyl (C=O) groups excluding carboxylic acids is 1. The first-order valence-corrected chi connectivity index (χ1v) is 11.0. The predicted molar refractivity (Wildman–Crippen MR) is 124 cm³/mol. The summed E-state index contributed by atoms with van der Waals surface area (Å²) in [5, 5.41) is 10.6. The molecule has 0 fully saturated rings. The molecule has 0 aliphatic carbocycles. The van der Waals surface area contributed by atoms with Gasteiger partial charge in [0, 0.05) is 39.7 Å². The van der Waals surface area contributed by atoms with Crippen molar-refractivity contribution in [2.75, 3.05) is 0 Å². The zero-order valence-electron chi connectivity index (χ0n) is 17.7. The molecule has 0 N–H and O–H groups in total. The first-order chi connectivity index (χ1) is 15.0. The van der Waals surface area contributed by atoms with E-state index in [1.54, 1.807) is 22.9 Å². The van der Waals surface area contributed by atoms with E-state index < -0.39 is 5.60 Å². The third kappa shape index (κ3) is 3.86. The van der Waals surface area contributed by atoms with E-state index in [1.165, 1.54) is 5.56 Å². The first-order valence-electron chi connectivity index (χ1n) is 10.7. The molecule has 0 spiro atoms. The van der Waals surface area contributed by atoms with Crippen molar-refractivity contribution in [1.29, 1.82) is 5.26 Å². The van der Waals surface area contributed by atoms with Crippen LogP contribution < -0.4 is 0 Å². The summed E-state index contributed by atoms with van der Waals surface area (Å²) in [6.45, 7) is 6.42. The molecule has 1 aliphatic heterocycles. The normalized spacial score (nSPS) is 17.4. The van der Waals surface area contributed by atoms with Gasteiger partial charge in [-0.25, -0.2) is 0 Å². The largest absolute Gasteiger partial charge is 0.483 e. The summed E-state index contributed by atoms with van der Waals surface area (Å²) in [6.07, 6.45) is 5.52. The topological polar surface area (TPSA) is 55.0 Å². The van der Waals surface area contributed by atoms with E-state index in [0.717, 1.165) is 35.7 Å². The lowest BCUT2D eigenvalue weighted by Crippen LogP contribution is -2.25. The van der Waals surface area contributed by atoms with Crippen molar-refractivity contribution in [3.8, 4) is 6.07 Å². The van der Waals surface area contributed by atoms with Crippen LogP contribution in [-0.2, 0) is 16.9 Å². The molecule has 2 aromatic carbocycles. The van der Waals surface area contributed by atoms with Gasteiger partial charge in [-0.15, -0.1) is 0 Å². The Morgan fingerprint density at radius 3 is 2.84 bits per heavy atom. The Balaban J connectivity index is 1.54. The van der Waals surface area contributed by atoms with E-state index >= 15 is 0 Å². The first kappa shape index (κ1) is 21.2. The third-order valence-electron chi connectivity index (χ3n) is 6.06. The number of fused-ring (bicyclic) bond motifs is 2. The molecule has 4 rings (SSSR count). The fraction of sp³-hybridized carbons (Fsp3) is 0.308. The highest BCUT2D eigenvalue weighted by atomic mass is 35.5. The molecule has 31 heavy (non-hydrogen) atoms. The second-order valence-corrected chi connectivity index (χ2v) is 8.52. The van der Waals surface area contributed by atoms with Crippen LogP contribution in [0.4, 0.5) is 0 Å². The standard InChI is InChI=1S/C26H25ClN2O2/c1-3-12-26(23-8-5-4-7-20(23)18(2)31-26)13-6-9-25(30)22-17-29(15-14-28)24-16-19(27)10-11-21(22)24/h4-5,7-8,10-11,16-17H,2-3,6,9,12-13,15H2,1H3. The van der Waals surface area contributed by atoms with Crippen molar-refractivity contribution in [2.45, 2.75) is 51.2 Å². The summed E-state index contributed by atoms with van der Waals surface area (Å²) >= 11 is 6.13. The molecule has 158 valence electrons. The number of ketones is 1. The van der Waals surface area contributed by atoms with E-state index in [-0.39, 0.29) is 12.3 Å². The molecule has 1 aliphatic rings. The summed E-state index contributed by atoms with van der Waals surface area (Å²) in [6, 6.07) is 15.8. The van der Waals surface area contributed by atoms with Gasteiger partial charge in [-0.3, -0.25) is 4.79 Å². The van der Waals surface area contributed by atoms with E-state index in [2.05, 4.69) is 31.7 Å². The molecule has 1 atom stereocenters. The van der Waals surface area contributed by atoms with Gasteiger partial charge in [0.2, 0.25) is 0 Å². The van der Waals surface area contributed by atoms with Crippen LogP contribution in [0, 0.1) is 11.3 Å². The summed E-state index contributed by atoms with van der Waals surface area (Å²) in [5.41, 5.74) is 3.28. The van der Waals surface area contributed by atoms with Gasteiger partial charge >= 0.3 is 0 Å². The number of halogens is 1. The predicted octanol–water partition coefficient (Wildman–Crippen LogP) is 6.87. The molecular weight excluding hydrogens is 408 g/mol. The lowest BCUT2D eigenvalue weighted by Gasteiger charge is -2.29. The van der Waals surface area contributed by atoms with Crippen molar-refractivity contribution in [3.63, 3.8) is 0 Å². The minimum atomic E-state index is -0.412. The zero-order chi connectivity index (χ0) is 22.0. The van der Waals surface area contributed by atoms with E-state index in [1.807, 2.05) is 18.2 Å². The van der Waals surface area contributed by atoms with Crippen LogP contribution in [0.3, 0.4) is 0 Å². The van der Waals surface area contributed by atoms with Gasteiger partial charge in [-0.1, -0.05) is 61.9 Å².